The molecule has 0 saturated heterocycles. The van der Waals surface area contributed by atoms with Gasteiger partial charge in [-0.15, -0.1) is 12.0 Å². The van der Waals surface area contributed by atoms with E-state index in [1.807, 2.05) is 88.0 Å². The van der Waals surface area contributed by atoms with Crippen LogP contribution in [-0.4, -0.2) is 68.7 Å². The average molecular weight is 768 g/mol. The topological polar surface area (TPSA) is 126 Å². The predicted octanol–water partition coefficient (Wildman–Crippen LogP) is 6.77. The van der Waals surface area contributed by atoms with Crippen molar-refractivity contribution in [3.63, 3.8) is 0 Å². The van der Waals surface area contributed by atoms with Crippen LogP contribution in [0.3, 0.4) is 0 Å². The zero-order valence-corrected chi connectivity index (χ0v) is 32.7. The summed E-state index contributed by atoms with van der Waals surface area (Å²) in [6.45, 7) is 7.04. The SMILES string of the molecule is C#Cc1ccc2c(c1)C(c1ccccn1)=NCc1c(C(=O)OCCCOC(=O)c3ncn4c3CN=C(c3ccccc3)c3cc(C#C[Si](C)(C)C)ccc3-4)ncn1-2. The fourth-order valence-corrected chi connectivity index (χ4v) is 7.19. The first-order chi connectivity index (χ1) is 27.7. The molecule has 2 aliphatic rings. The Bertz CT molecular complexity index is 2710. The summed E-state index contributed by atoms with van der Waals surface area (Å²) in [6.07, 6.45) is 10.9. The van der Waals surface area contributed by atoms with Gasteiger partial charge in [-0.25, -0.2) is 19.6 Å². The van der Waals surface area contributed by atoms with E-state index < -0.39 is 20.0 Å². The number of fused-ring (bicyclic) bond motifs is 6. The monoisotopic (exact) mass is 767 g/mol. The number of pyridine rings is 1. The third-order valence-electron chi connectivity index (χ3n) is 9.37. The number of carbonyl (C=O) groups is 2. The largest absolute Gasteiger partial charge is 0.461 e. The van der Waals surface area contributed by atoms with E-state index in [9.17, 15) is 9.59 Å². The van der Waals surface area contributed by atoms with Crippen LogP contribution in [0, 0.1) is 23.8 Å². The van der Waals surface area contributed by atoms with Crippen molar-refractivity contribution in [2.24, 2.45) is 9.98 Å². The van der Waals surface area contributed by atoms with E-state index in [0.717, 1.165) is 39.3 Å². The maximum Gasteiger partial charge on any atom is 0.358 e. The molecule has 0 amide bonds. The molecule has 0 radical (unpaired) electrons. The van der Waals surface area contributed by atoms with Gasteiger partial charge in [-0.3, -0.25) is 24.1 Å². The van der Waals surface area contributed by atoms with Crippen LogP contribution < -0.4 is 0 Å². The van der Waals surface area contributed by atoms with Gasteiger partial charge in [-0.1, -0.05) is 67.9 Å². The minimum absolute atomic E-state index is 0.00527. The Hall–Kier alpha value is -7.15. The highest BCUT2D eigenvalue weighted by molar-refractivity contribution is 6.83. The summed E-state index contributed by atoms with van der Waals surface area (Å²) in [4.78, 5) is 50.0. The van der Waals surface area contributed by atoms with Crippen LogP contribution in [0.5, 0.6) is 0 Å². The molecule has 0 fully saturated rings. The lowest BCUT2D eigenvalue weighted by Crippen LogP contribution is -2.16. The summed E-state index contributed by atoms with van der Waals surface area (Å²) in [5.41, 5.74) is 13.0. The first-order valence-corrected chi connectivity index (χ1v) is 22.0. The molecule has 280 valence electrons. The molecular weight excluding hydrogens is 731 g/mol. The standard InChI is InChI=1S/C45H37N7O4Si/c1-5-30-15-17-37-34(24-30)41(35-14-9-10-20-46-35)48-27-39-43(50-29-52(37)39)45(54)56-22-11-21-55-44(53)42-38-26-47-40(32-12-7-6-8-13-32)33-25-31(19-23-57(2,3)4)16-18-36(33)51(38)28-49-42/h1,6-10,12-18,20,24-25,28-29H,11,21-22,26-27H2,2-4H3. The molecule has 3 aromatic heterocycles. The third kappa shape index (κ3) is 7.59. The van der Waals surface area contributed by atoms with Crippen molar-refractivity contribution in [2.75, 3.05) is 13.2 Å². The fourth-order valence-electron chi connectivity index (χ4n) is 6.67. The number of esters is 2. The molecule has 3 aromatic carbocycles. The molecule has 12 heteroatoms. The predicted molar refractivity (Wildman–Crippen MR) is 220 cm³/mol. The van der Waals surface area contributed by atoms with Crippen molar-refractivity contribution in [1.29, 1.82) is 0 Å². The highest BCUT2D eigenvalue weighted by atomic mass is 28.3. The van der Waals surface area contributed by atoms with Gasteiger partial charge in [0.25, 0.3) is 0 Å². The number of benzene rings is 3. The lowest BCUT2D eigenvalue weighted by molar-refractivity contribution is 0.0388. The van der Waals surface area contributed by atoms with E-state index in [4.69, 9.17) is 25.9 Å². The molecule has 0 aliphatic carbocycles. The van der Waals surface area contributed by atoms with Gasteiger partial charge in [0, 0.05) is 40.4 Å². The molecule has 11 nitrogen and oxygen atoms in total. The van der Waals surface area contributed by atoms with Gasteiger partial charge < -0.3 is 9.47 Å². The molecule has 0 atom stereocenters. The summed E-state index contributed by atoms with van der Waals surface area (Å²) >= 11 is 0. The highest BCUT2D eigenvalue weighted by Gasteiger charge is 2.28. The number of aliphatic imine (C=N–C) groups is 2. The Morgan fingerprint density at radius 2 is 1.30 bits per heavy atom. The zero-order valence-electron chi connectivity index (χ0n) is 31.7. The Morgan fingerprint density at radius 1 is 0.719 bits per heavy atom. The molecule has 0 spiro atoms. The Balaban J connectivity index is 0.950. The van der Waals surface area contributed by atoms with Crippen LogP contribution in [0.25, 0.3) is 11.4 Å². The van der Waals surface area contributed by atoms with E-state index in [2.05, 4.69) is 58.0 Å². The molecule has 0 unspecified atom stereocenters. The maximum absolute atomic E-state index is 13.4. The number of nitrogens with zero attached hydrogens (tertiary/aromatic N) is 7. The van der Waals surface area contributed by atoms with E-state index in [0.29, 0.717) is 28.4 Å². The Labute approximate surface area is 331 Å². The summed E-state index contributed by atoms with van der Waals surface area (Å²) in [6, 6.07) is 27.2. The number of imidazole rings is 2. The first kappa shape index (κ1) is 36.8. The summed E-state index contributed by atoms with van der Waals surface area (Å²) in [5.74, 6) is 4.86. The molecule has 57 heavy (non-hydrogen) atoms. The average Bonchev–Trinajstić information content (AvgIpc) is 3.76. The second-order valence-corrected chi connectivity index (χ2v) is 19.2. The van der Waals surface area contributed by atoms with E-state index in [1.165, 1.54) is 0 Å². The quantitative estimate of drug-likeness (QED) is 0.0725. The van der Waals surface area contributed by atoms with Gasteiger partial charge in [-0.05, 0) is 48.5 Å². The number of hydrogen-bond donors (Lipinski definition) is 0. The fraction of sp³-hybridized carbons (Fsp3) is 0.178. The first-order valence-electron chi connectivity index (χ1n) is 18.5. The van der Waals surface area contributed by atoms with Gasteiger partial charge in [0.05, 0.1) is 66.2 Å². The second kappa shape index (κ2) is 15.5. The molecule has 5 heterocycles. The highest BCUT2D eigenvalue weighted by Crippen LogP contribution is 2.29. The molecule has 0 N–H and O–H groups in total. The number of hydrogen-bond acceptors (Lipinski definition) is 9. The normalized spacial score (nSPS) is 12.7. The number of ether oxygens (including phenoxy) is 2. The van der Waals surface area contributed by atoms with Crippen LogP contribution in [0.2, 0.25) is 19.6 Å². The number of terminal acetylenes is 1. The van der Waals surface area contributed by atoms with Crippen molar-refractivity contribution in [3.8, 4) is 35.2 Å². The van der Waals surface area contributed by atoms with Gasteiger partial charge in [-0.2, -0.15) is 0 Å². The maximum atomic E-state index is 13.4. The molecule has 0 bridgehead atoms. The van der Waals surface area contributed by atoms with Crippen molar-refractivity contribution in [2.45, 2.75) is 39.2 Å². The van der Waals surface area contributed by atoms with Crippen LogP contribution in [0.4, 0.5) is 0 Å². The Kier molecular flexibility index (Phi) is 10.0. The van der Waals surface area contributed by atoms with Gasteiger partial charge in [0.1, 0.15) is 20.7 Å². The molecule has 8 rings (SSSR count). The minimum Gasteiger partial charge on any atom is -0.461 e. The van der Waals surface area contributed by atoms with Gasteiger partial charge >= 0.3 is 11.9 Å². The van der Waals surface area contributed by atoms with Crippen LogP contribution in [0.1, 0.15) is 72.3 Å². The molecule has 2 aliphatic heterocycles. The third-order valence-corrected chi connectivity index (χ3v) is 10.2. The lowest BCUT2D eigenvalue weighted by Gasteiger charge is -2.13. The number of rotatable bonds is 8. The van der Waals surface area contributed by atoms with E-state index >= 15 is 0 Å². The summed E-state index contributed by atoms with van der Waals surface area (Å²) < 4.78 is 15.0. The Morgan fingerprint density at radius 3 is 1.89 bits per heavy atom. The van der Waals surface area contributed by atoms with E-state index in [1.54, 1.807) is 18.9 Å². The van der Waals surface area contributed by atoms with Crippen LogP contribution >= 0.6 is 0 Å². The lowest BCUT2D eigenvalue weighted by atomic mass is 9.98. The number of carbonyl (C=O) groups excluding carboxylic acids is 2. The van der Waals surface area contributed by atoms with Gasteiger partial charge in [0.2, 0.25) is 0 Å². The smallest absolute Gasteiger partial charge is 0.358 e. The van der Waals surface area contributed by atoms with E-state index in [-0.39, 0.29) is 44.1 Å². The molecule has 6 aromatic rings. The van der Waals surface area contributed by atoms with Crippen LogP contribution in [-0.2, 0) is 22.6 Å². The second-order valence-electron chi connectivity index (χ2n) is 14.5. The zero-order chi connectivity index (χ0) is 39.5. The van der Waals surface area contributed by atoms with Crippen molar-refractivity contribution >= 4 is 31.4 Å². The van der Waals surface area contributed by atoms with Gasteiger partial charge in [0.15, 0.2) is 11.4 Å². The minimum atomic E-state index is -1.60. The number of aromatic nitrogens is 5. The van der Waals surface area contributed by atoms with Crippen molar-refractivity contribution < 1.29 is 19.1 Å². The van der Waals surface area contributed by atoms with Crippen molar-refractivity contribution in [1.82, 2.24) is 24.1 Å². The molecule has 0 saturated carbocycles. The molecular formula is C45H37N7O4Si. The van der Waals surface area contributed by atoms with Crippen molar-refractivity contribution in [3.05, 3.63) is 160 Å². The summed E-state index contributed by atoms with van der Waals surface area (Å²) in [5, 5.41) is 0. The summed E-state index contributed by atoms with van der Waals surface area (Å²) in [7, 11) is -1.60. The van der Waals surface area contributed by atoms with Crippen LogP contribution in [0.15, 0.2) is 114 Å².